The molecular weight excluding hydrogens is 393 g/mol. The monoisotopic (exact) mass is 419 g/mol. The number of nitrogens with one attached hydrogen (secondary N) is 1. The van der Waals surface area contributed by atoms with Gasteiger partial charge in [-0.25, -0.2) is 17.6 Å². The number of rotatable bonds is 6. The Bertz CT molecular complexity index is 929. The number of halogens is 1. The second kappa shape index (κ2) is 9.37. The molecule has 0 spiro atoms. The van der Waals surface area contributed by atoms with E-state index in [4.69, 9.17) is 0 Å². The number of carbonyl (C=O) groups is 1. The molecular formula is C21H26FN3O3S. The van der Waals surface area contributed by atoms with Crippen LogP contribution in [0.3, 0.4) is 0 Å². The van der Waals surface area contributed by atoms with E-state index in [9.17, 15) is 17.6 Å². The largest absolute Gasteiger partial charge is 0.336 e. The van der Waals surface area contributed by atoms with Crippen LogP contribution in [-0.4, -0.2) is 55.9 Å². The third-order valence-electron chi connectivity index (χ3n) is 5.06. The van der Waals surface area contributed by atoms with Gasteiger partial charge >= 0.3 is 6.03 Å². The van der Waals surface area contributed by atoms with E-state index in [1.165, 1.54) is 28.1 Å². The first-order chi connectivity index (χ1) is 13.9. The molecule has 2 aromatic rings. The molecule has 0 aromatic heterocycles. The lowest BCUT2D eigenvalue weighted by atomic mass is 10.1. The molecule has 1 heterocycles. The summed E-state index contributed by atoms with van der Waals surface area (Å²) in [6, 6.07) is 15.2. The summed E-state index contributed by atoms with van der Waals surface area (Å²) >= 11 is 0. The normalized spacial score (nSPS) is 16.4. The molecule has 8 heteroatoms. The minimum Gasteiger partial charge on any atom is -0.336 e. The van der Waals surface area contributed by atoms with Gasteiger partial charge in [0.15, 0.2) is 0 Å². The third kappa shape index (κ3) is 5.33. The maximum Gasteiger partial charge on any atom is 0.317 e. The van der Waals surface area contributed by atoms with Gasteiger partial charge in [0.2, 0.25) is 10.0 Å². The fourth-order valence-electron chi connectivity index (χ4n) is 3.33. The van der Waals surface area contributed by atoms with Crippen molar-refractivity contribution in [2.45, 2.75) is 30.7 Å². The Balaban J connectivity index is 1.50. The molecule has 0 aliphatic carbocycles. The topological polar surface area (TPSA) is 69.7 Å². The van der Waals surface area contributed by atoms with E-state index in [0.29, 0.717) is 0 Å². The molecule has 156 valence electrons. The van der Waals surface area contributed by atoms with Gasteiger partial charge in [0, 0.05) is 32.2 Å². The summed E-state index contributed by atoms with van der Waals surface area (Å²) < 4.78 is 40.4. The van der Waals surface area contributed by atoms with Crippen molar-refractivity contribution < 1.29 is 17.6 Å². The summed E-state index contributed by atoms with van der Waals surface area (Å²) in [7, 11) is -3.90. The second-order valence-electron chi connectivity index (χ2n) is 7.20. The summed E-state index contributed by atoms with van der Waals surface area (Å²) in [6.07, 6.45) is 1.69. The number of carbonyl (C=O) groups excluding carboxylic acids is 1. The number of nitrogens with zero attached hydrogens (tertiary/aromatic N) is 2. The minimum atomic E-state index is -3.90. The van der Waals surface area contributed by atoms with Crippen molar-refractivity contribution in [3.63, 3.8) is 0 Å². The van der Waals surface area contributed by atoms with Crippen LogP contribution in [0.25, 0.3) is 0 Å². The van der Waals surface area contributed by atoms with Crippen molar-refractivity contribution >= 4 is 16.1 Å². The number of benzene rings is 2. The zero-order valence-electron chi connectivity index (χ0n) is 16.4. The number of piperazine rings is 1. The van der Waals surface area contributed by atoms with Crippen molar-refractivity contribution in [2.75, 3.05) is 26.2 Å². The highest BCUT2D eigenvalue weighted by molar-refractivity contribution is 7.89. The van der Waals surface area contributed by atoms with Gasteiger partial charge in [-0.1, -0.05) is 42.5 Å². The van der Waals surface area contributed by atoms with E-state index in [1.807, 2.05) is 25.1 Å². The molecule has 1 saturated heterocycles. The Morgan fingerprint density at radius 2 is 1.66 bits per heavy atom. The average Bonchev–Trinajstić information content (AvgIpc) is 2.73. The maximum absolute atomic E-state index is 13.9. The molecule has 2 amide bonds. The van der Waals surface area contributed by atoms with Gasteiger partial charge in [0.1, 0.15) is 10.7 Å². The first-order valence-electron chi connectivity index (χ1n) is 9.72. The van der Waals surface area contributed by atoms with E-state index < -0.39 is 15.8 Å². The predicted molar refractivity (Wildman–Crippen MR) is 109 cm³/mol. The zero-order chi connectivity index (χ0) is 20.9. The molecule has 1 fully saturated rings. The highest BCUT2D eigenvalue weighted by atomic mass is 32.2. The summed E-state index contributed by atoms with van der Waals surface area (Å²) in [5.41, 5.74) is 1.22. The molecule has 0 radical (unpaired) electrons. The predicted octanol–water partition coefficient (Wildman–Crippen LogP) is 2.86. The van der Waals surface area contributed by atoms with Crippen molar-refractivity contribution in [1.82, 2.24) is 14.5 Å². The highest BCUT2D eigenvalue weighted by Gasteiger charge is 2.31. The van der Waals surface area contributed by atoms with Gasteiger partial charge in [-0.3, -0.25) is 0 Å². The zero-order valence-corrected chi connectivity index (χ0v) is 17.2. The molecule has 0 unspecified atom stereocenters. The van der Waals surface area contributed by atoms with Gasteiger partial charge in [-0.05, 0) is 37.5 Å². The van der Waals surface area contributed by atoms with E-state index in [-0.39, 0.29) is 43.1 Å². The third-order valence-corrected chi connectivity index (χ3v) is 6.99. The molecule has 0 bridgehead atoms. The van der Waals surface area contributed by atoms with Crippen molar-refractivity contribution in [3.8, 4) is 0 Å². The van der Waals surface area contributed by atoms with Gasteiger partial charge in [0.05, 0.1) is 0 Å². The smallest absolute Gasteiger partial charge is 0.317 e. The maximum atomic E-state index is 13.9. The van der Waals surface area contributed by atoms with E-state index in [2.05, 4.69) is 17.4 Å². The number of amides is 2. The van der Waals surface area contributed by atoms with Crippen LogP contribution in [0.2, 0.25) is 0 Å². The first kappa shape index (κ1) is 21.3. The van der Waals surface area contributed by atoms with Crippen molar-refractivity contribution in [2.24, 2.45) is 0 Å². The molecule has 1 atom stereocenters. The summed E-state index contributed by atoms with van der Waals surface area (Å²) in [4.78, 5) is 13.8. The highest BCUT2D eigenvalue weighted by Crippen LogP contribution is 2.20. The fraction of sp³-hybridized carbons (Fsp3) is 0.381. The number of hydrogen-bond acceptors (Lipinski definition) is 3. The van der Waals surface area contributed by atoms with Crippen LogP contribution >= 0.6 is 0 Å². The van der Waals surface area contributed by atoms with Gasteiger partial charge < -0.3 is 10.2 Å². The lowest BCUT2D eigenvalue weighted by molar-refractivity contribution is 0.169. The van der Waals surface area contributed by atoms with Crippen LogP contribution in [0, 0.1) is 5.82 Å². The van der Waals surface area contributed by atoms with E-state index in [0.717, 1.165) is 18.9 Å². The summed E-state index contributed by atoms with van der Waals surface area (Å²) in [6.45, 7) is 2.78. The van der Waals surface area contributed by atoms with Crippen LogP contribution in [-0.2, 0) is 16.4 Å². The molecule has 6 nitrogen and oxygen atoms in total. The lowest BCUT2D eigenvalue weighted by Crippen LogP contribution is -2.54. The molecule has 1 aliphatic heterocycles. The molecule has 3 rings (SSSR count). The van der Waals surface area contributed by atoms with Gasteiger partial charge in [0.25, 0.3) is 0 Å². The molecule has 1 N–H and O–H groups in total. The van der Waals surface area contributed by atoms with Crippen LogP contribution in [0.15, 0.2) is 59.5 Å². The Morgan fingerprint density at radius 3 is 2.31 bits per heavy atom. The van der Waals surface area contributed by atoms with E-state index in [1.54, 1.807) is 4.90 Å². The number of aryl methyl sites for hydroxylation is 1. The van der Waals surface area contributed by atoms with Crippen LogP contribution in [0.5, 0.6) is 0 Å². The summed E-state index contributed by atoms with van der Waals surface area (Å²) in [5.74, 6) is -0.764. The average molecular weight is 420 g/mol. The first-order valence-corrected chi connectivity index (χ1v) is 11.2. The molecule has 29 heavy (non-hydrogen) atoms. The Hall–Kier alpha value is -2.45. The van der Waals surface area contributed by atoms with Gasteiger partial charge in [-0.15, -0.1) is 0 Å². The molecule has 2 aromatic carbocycles. The number of sulfonamides is 1. The standard InChI is InChI=1S/C21H26FN3O3S/c1-17(11-12-18-7-3-2-4-8-18)23-21(26)24-13-15-25(16-14-24)29(27,28)20-10-6-5-9-19(20)22/h2-10,17H,11-16H2,1H3,(H,23,26)/t17-/m1/s1. The second-order valence-corrected chi connectivity index (χ2v) is 9.10. The quantitative estimate of drug-likeness (QED) is 0.783. The Labute approximate surface area is 171 Å². The van der Waals surface area contributed by atoms with Crippen LogP contribution in [0.4, 0.5) is 9.18 Å². The Morgan fingerprint density at radius 1 is 1.03 bits per heavy atom. The molecule has 0 saturated carbocycles. The Kier molecular flexibility index (Phi) is 6.87. The lowest BCUT2D eigenvalue weighted by Gasteiger charge is -2.34. The minimum absolute atomic E-state index is 0.00267. The number of urea groups is 1. The molecule has 1 aliphatic rings. The van der Waals surface area contributed by atoms with Crippen molar-refractivity contribution in [3.05, 3.63) is 66.0 Å². The van der Waals surface area contributed by atoms with Gasteiger partial charge in [-0.2, -0.15) is 4.31 Å². The van der Waals surface area contributed by atoms with E-state index >= 15 is 0 Å². The van der Waals surface area contributed by atoms with Crippen molar-refractivity contribution in [1.29, 1.82) is 0 Å². The fourth-order valence-corrected chi connectivity index (χ4v) is 4.81. The SMILES string of the molecule is C[C@H](CCc1ccccc1)NC(=O)N1CCN(S(=O)(=O)c2ccccc2F)CC1. The van der Waals surface area contributed by atoms with Crippen LogP contribution in [0.1, 0.15) is 18.9 Å². The van der Waals surface area contributed by atoms with Crippen LogP contribution < -0.4 is 5.32 Å². The number of hydrogen-bond donors (Lipinski definition) is 1. The summed E-state index contributed by atoms with van der Waals surface area (Å²) in [5, 5.41) is 2.97.